The van der Waals surface area contributed by atoms with Gasteiger partial charge < -0.3 is 10.7 Å². The molecule has 0 radical (unpaired) electrons. The molecule has 1 aromatic heterocycles. The molecule has 1 aliphatic rings. The Hall–Kier alpha value is -1.35. The predicted octanol–water partition coefficient (Wildman–Crippen LogP) is 2.71. The molecule has 2 atom stereocenters. The van der Waals surface area contributed by atoms with Crippen molar-refractivity contribution in [3.8, 4) is 0 Å². The number of hydrogen-bond acceptors (Lipinski definition) is 2. The van der Waals surface area contributed by atoms with E-state index in [-0.39, 0.29) is 0 Å². The van der Waals surface area contributed by atoms with Gasteiger partial charge in [0.15, 0.2) is 0 Å². The molecule has 0 bridgehead atoms. The van der Waals surface area contributed by atoms with Gasteiger partial charge in [0, 0.05) is 5.92 Å². The van der Waals surface area contributed by atoms with Crippen molar-refractivity contribution in [1.29, 1.82) is 0 Å². The van der Waals surface area contributed by atoms with E-state index >= 15 is 0 Å². The van der Waals surface area contributed by atoms with E-state index in [1.54, 1.807) is 0 Å². The van der Waals surface area contributed by atoms with E-state index in [2.05, 4.69) is 30.1 Å². The highest BCUT2D eigenvalue weighted by molar-refractivity contribution is 5.78. The first-order chi connectivity index (χ1) is 8.29. The topological polar surface area (TPSA) is 54.7 Å². The summed E-state index contributed by atoms with van der Waals surface area (Å²) in [6, 6.07) is 6.29. The Morgan fingerprint density at radius 2 is 2.29 bits per heavy atom. The number of nitrogens with two attached hydrogens (primary N) is 1. The fourth-order valence-corrected chi connectivity index (χ4v) is 3.05. The van der Waals surface area contributed by atoms with Crippen molar-refractivity contribution in [1.82, 2.24) is 9.97 Å². The van der Waals surface area contributed by atoms with Gasteiger partial charge in [-0.1, -0.05) is 18.6 Å². The maximum absolute atomic E-state index is 5.84. The van der Waals surface area contributed by atoms with Crippen molar-refractivity contribution >= 4 is 11.0 Å². The van der Waals surface area contributed by atoms with E-state index in [0.717, 1.165) is 23.4 Å². The monoisotopic (exact) mass is 229 g/mol. The standard InChI is InChI=1S/C14H19N3/c1-9-4-2-7-12-13(9)17-14(16-12)11-6-3-5-10(11)8-15/h2,4,7,10-11H,3,5-6,8,15H2,1H3,(H,16,17). The Bertz CT molecular complexity index is 529. The summed E-state index contributed by atoms with van der Waals surface area (Å²) in [6.45, 7) is 2.89. The number of H-pyrrole nitrogens is 1. The minimum Gasteiger partial charge on any atom is -0.342 e. The van der Waals surface area contributed by atoms with E-state index < -0.39 is 0 Å². The van der Waals surface area contributed by atoms with Crippen LogP contribution < -0.4 is 5.73 Å². The molecular weight excluding hydrogens is 210 g/mol. The first-order valence-electron chi connectivity index (χ1n) is 6.45. The van der Waals surface area contributed by atoms with E-state index in [1.807, 2.05) is 0 Å². The average Bonchev–Trinajstić information content (AvgIpc) is 2.94. The van der Waals surface area contributed by atoms with Gasteiger partial charge in [-0.05, 0) is 43.9 Å². The van der Waals surface area contributed by atoms with Crippen LogP contribution in [0.3, 0.4) is 0 Å². The highest BCUT2D eigenvalue weighted by Crippen LogP contribution is 2.38. The van der Waals surface area contributed by atoms with Gasteiger partial charge in [-0.25, -0.2) is 4.98 Å². The molecule has 1 saturated carbocycles. The summed E-state index contributed by atoms with van der Waals surface area (Å²) in [6.07, 6.45) is 3.75. The van der Waals surface area contributed by atoms with Crippen LogP contribution in [0, 0.1) is 12.8 Å². The summed E-state index contributed by atoms with van der Waals surface area (Å²) in [7, 11) is 0. The van der Waals surface area contributed by atoms with Crippen LogP contribution in [0.15, 0.2) is 18.2 Å². The number of aromatic amines is 1. The lowest BCUT2D eigenvalue weighted by Crippen LogP contribution is -2.17. The highest BCUT2D eigenvalue weighted by Gasteiger charge is 2.29. The molecule has 1 aliphatic carbocycles. The minimum atomic E-state index is 0.534. The number of imidazole rings is 1. The average molecular weight is 229 g/mol. The number of benzene rings is 1. The van der Waals surface area contributed by atoms with E-state index in [1.165, 1.54) is 24.8 Å². The van der Waals surface area contributed by atoms with Gasteiger partial charge in [0.05, 0.1) is 11.0 Å². The van der Waals surface area contributed by atoms with Gasteiger partial charge in [0.25, 0.3) is 0 Å². The number of para-hydroxylation sites is 1. The van der Waals surface area contributed by atoms with Crippen molar-refractivity contribution in [3.05, 3.63) is 29.6 Å². The molecule has 2 unspecified atom stereocenters. The molecule has 1 fully saturated rings. The largest absolute Gasteiger partial charge is 0.342 e. The van der Waals surface area contributed by atoms with Crippen LogP contribution in [0.5, 0.6) is 0 Å². The van der Waals surface area contributed by atoms with Crippen LogP contribution in [0.1, 0.15) is 36.6 Å². The van der Waals surface area contributed by atoms with Crippen LogP contribution in [0.25, 0.3) is 11.0 Å². The number of nitrogens with zero attached hydrogens (tertiary/aromatic N) is 1. The van der Waals surface area contributed by atoms with Gasteiger partial charge in [0.2, 0.25) is 0 Å². The highest BCUT2D eigenvalue weighted by atomic mass is 14.9. The zero-order chi connectivity index (χ0) is 11.8. The number of rotatable bonds is 2. The fourth-order valence-electron chi connectivity index (χ4n) is 3.05. The van der Waals surface area contributed by atoms with Crippen LogP contribution in [-0.2, 0) is 0 Å². The van der Waals surface area contributed by atoms with Crippen LogP contribution in [0.4, 0.5) is 0 Å². The van der Waals surface area contributed by atoms with E-state index in [9.17, 15) is 0 Å². The molecule has 90 valence electrons. The SMILES string of the molecule is Cc1cccc2[nH]c(C3CCCC3CN)nc12. The Labute approximate surface area is 101 Å². The second-order valence-electron chi connectivity index (χ2n) is 5.13. The molecule has 0 amide bonds. The second kappa shape index (κ2) is 4.15. The molecule has 2 aromatic rings. The Kier molecular flexibility index (Phi) is 2.63. The molecule has 3 heteroatoms. The lowest BCUT2D eigenvalue weighted by molar-refractivity contribution is 0.481. The molecule has 17 heavy (non-hydrogen) atoms. The smallest absolute Gasteiger partial charge is 0.110 e. The molecule has 1 aromatic carbocycles. The Morgan fingerprint density at radius 1 is 1.41 bits per heavy atom. The molecule has 3 N–H and O–H groups in total. The van der Waals surface area contributed by atoms with Gasteiger partial charge in [-0.3, -0.25) is 0 Å². The summed E-state index contributed by atoms with van der Waals surface area (Å²) < 4.78 is 0. The summed E-state index contributed by atoms with van der Waals surface area (Å²) in [5, 5.41) is 0. The predicted molar refractivity (Wildman–Crippen MR) is 70.0 cm³/mol. The fraction of sp³-hybridized carbons (Fsp3) is 0.500. The van der Waals surface area contributed by atoms with Gasteiger partial charge in [0.1, 0.15) is 5.82 Å². The van der Waals surface area contributed by atoms with Crippen LogP contribution in [-0.4, -0.2) is 16.5 Å². The first-order valence-corrected chi connectivity index (χ1v) is 6.45. The van der Waals surface area contributed by atoms with Gasteiger partial charge in [-0.2, -0.15) is 0 Å². The van der Waals surface area contributed by atoms with Gasteiger partial charge >= 0.3 is 0 Å². The van der Waals surface area contributed by atoms with Crippen molar-refractivity contribution in [2.24, 2.45) is 11.7 Å². The normalized spacial score (nSPS) is 24.6. The number of nitrogens with one attached hydrogen (secondary N) is 1. The van der Waals surface area contributed by atoms with Crippen molar-refractivity contribution in [2.45, 2.75) is 32.1 Å². The molecule has 3 rings (SSSR count). The van der Waals surface area contributed by atoms with Gasteiger partial charge in [-0.15, -0.1) is 0 Å². The third-order valence-corrected chi connectivity index (χ3v) is 4.05. The van der Waals surface area contributed by atoms with Crippen LogP contribution in [0.2, 0.25) is 0 Å². The number of aromatic nitrogens is 2. The maximum atomic E-state index is 5.84. The molecule has 1 heterocycles. The first kappa shape index (κ1) is 10.8. The maximum Gasteiger partial charge on any atom is 0.110 e. The third kappa shape index (κ3) is 1.75. The minimum absolute atomic E-state index is 0.534. The lowest BCUT2D eigenvalue weighted by atomic mass is 9.96. The molecule has 0 spiro atoms. The number of hydrogen-bond donors (Lipinski definition) is 2. The number of aryl methyl sites for hydroxylation is 1. The quantitative estimate of drug-likeness (QED) is 0.832. The summed E-state index contributed by atoms with van der Waals surface area (Å²) in [5.74, 6) is 2.28. The summed E-state index contributed by atoms with van der Waals surface area (Å²) >= 11 is 0. The van der Waals surface area contributed by atoms with Crippen molar-refractivity contribution in [3.63, 3.8) is 0 Å². The van der Waals surface area contributed by atoms with E-state index in [0.29, 0.717) is 11.8 Å². The Balaban J connectivity index is 2.03. The Morgan fingerprint density at radius 3 is 3.06 bits per heavy atom. The van der Waals surface area contributed by atoms with Crippen LogP contribution >= 0.6 is 0 Å². The zero-order valence-corrected chi connectivity index (χ0v) is 10.2. The molecule has 0 saturated heterocycles. The molecule has 0 aliphatic heterocycles. The summed E-state index contributed by atoms with van der Waals surface area (Å²) in [5.41, 5.74) is 9.36. The zero-order valence-electron chi connectivity index (χ0n) is 10.2. The van der Waals surface area contributed by atoms with Crippen molar-refractivity contribution < 1.29 is 0 Å². The second-order valence-corrected chi connectivity index (χ2v) is 5.13. The molecule has 3 nitrogen and oxygen atoms in total. The third-order valence-electron chi connectivity index (χ3n) is 4.05. The van der Waals surface area contributed by atoms with E-state index in [4.69, 9.17) is 10.7 Å². The molecular formula is C14H19N3. The summed E-state index contributed by atoms with van der Waals surface area (Å²) in [4.78, 5) is 8.26. The lowest BCUT2D eigenvalue weighted by Gasteiger charge is -2.14. The van der Waals surface area contributed by atoms with Crippen molar-refractivity contribution in [2.75, 3.05) is 6.54 Å². The number of fused-ring (bicyclic) bond motifs is 1.